The van der Waals surface area contributed by atoms with E-state index in [1.165, 1.54) is 0 Å². The van der Waals surface area contributed by atoms with Gasteiger partial charge < -0.3 is 10.6 Å². The quantitative estimate of drug-likeness (QED) is 0.477. The number of unbranched alkanes of at least 4 members (excludes halogenated alkanes) is 1. The molecule has 0 saturated carbocycles. The van der Waals surface area contributed by atoms with E-state index in [4.69, 9.17) is 5.73 Å². The van der Waals surface area contributed by atoms with E-state index >= 15 is 0 Å². The molecule has 126 valence electrons. The molecule has 0 aromatic carbocycles. The average molecular weight is 322 g/mol. The lowest BCUT2D eigenvalue weighted by Crippen LogP contribution is -2.22. The van der Waals surface area contributed by atoms with Gasteiger partial charge in [-0.3, -0.25) is 4.79 Å². The SMILES string of the molecule is CCC/C=C(C#CC1=C/C=C\C=C/C=C1)/C(C(N)=O)=C(/C)N(C)C. The van der Waals surface area contributed by atoms with Crippen molar-refractivity contribution in [3.8, 4) is 11.8 Å². The van der Waals surface area contributed by atoms with E-state index in [9.17, 15) is 4.79 Å². The second kappa shape index (κ2) is 10.1. The van der Waals surface area contributed by atoms with Crippen molar-refractivity contribution in [2.24, 2.45) is 5.73 Å². The molecule has 0 saturated heterocycles. The van der Waals surface area contributed by atoms with E-state index in [2.05, 4.69) is 18.8 Å². The number of carbonyl (C=O) groups excluding carboxylic acids is 1. The number of amides is 1. The molecular weight excluding hydrogens is 296 g/mol. The fourth-order valence-electron chi connectivity index (χ4n) is 2.02. The van der Waals surface area contributed by atoms with Crippen LogP contribution >= 0.6 is 0 Å². The summed E-state index contributed by atoms with van der Waals surface area (Å²) in [4.78, 5) is 13.9. The molecule has 1 aliphatic rings. The van der Waals surface area contributed by atoms with Crippen molar-refractivity contribution in [1.82, 2.24) is 4.90 Å². The van der Waals surface area contributed by atoms with Crippen molar-refractivity contribution in [1.29, 1.82) is 0 Å². The van der Waals surface area contributed by atoms with Crippen LogP contribution in [0.2, 0.25) is 0 Å². The van der Waals surface area contributed by atoms with Crippen molar-refractivity contribution in [2.75, 3.05) is 14.1 Å². The van der Waals surface area contributed by atoms with Gasteiger partial charge in [-0.2, -0.15) is 0 Å². The number of primary amides is 1. The lowest BCUT2D eigenvalue weighted by molar-refractivity contribution is -0.114. The Balaban J connectivity index is 3.32. The van der Waals surface area contributed by atoms with Gasteiger partial charge in [-0.1, -0.05) is 61.6 Å². The molecular formula is C21H26N2O. The molecule has 2 N–H and O–H groups in total. The smallest absolute Gasteiger partial charge is 0.251 e. The maximum atomic E-state index is 12.0. The first kappa shape index (κ1) is 19.3. The Hall–Kier alpha value is -2.73. The summed E-state index contributed by atoms with van der Waals surface area (Å²) in [6.07, 6.45) is 17.4. The number of carbonyl (C=O) groups is 1. The molecule has 1 amide bonds. The highest BCUT2D eigenvalue weighted by atomic mass is 16.1. The van der Waals surface area contributed by atoms with Gasteiger partial charge >= 0.3 is 0 Å². The first-order valence-corrected chi connectivity index (χ1v) is 8.09. The first-order chi connectivity index (χ1) is 11.5. The molecule has 0 radical (unpaired) electrons. The maximum Gasteiger partial charge on any atom is 0.251 e. The van der Waals surface area contributed by atoms with Gasteiger partial charge in [0.1, 0.15) is 0 Å². The van der Waals surface area contributed by atoms with Crippen LogP contribution in [0.1, 0.15) is 26.7 Å². The summed E-state index contributed by atoms with van der Waals surface area (Å²) >= 11 is 0. The van der Waals surface area contributed by atoms with E-state index in [0.29, 0.717) is 11.1 Å². The van der Waals surface area contributed by atoms with Crippen LogP contribution in [0.5, 0.6) is 0 Å². The van der Waals surface area contributed by atoms with Crippen LogP contribution in [0.15, 0.2) is 71.0 Å². The molecule has 1 rings (SSSR count). The molecule has 0 aliphatic heterocycles. The molecule has 0 fully saturated rings. The van der Waals surface area contributed by atoms with E-state index in [1.807, 2.05) is 74.5 Å². The van der Waals surface area contributed by atoms with Gasteiger partial charge in [0.2, 0.25) is 0 Å². The van der Waals surface area contributed by atoms with Crippen LogP contribution in [0, 0.1) is 11.8 Å². The lowest BCUT2D eigenvalue weighted by atomic mass is 10.0. The van der Waals surface area contributed by atoms with Gasteiger partial charge in [-0.05, 0) is 25.5 Å². The average Bonchev–Trinajstić information content (AvgIpc) is 2.50. The molecule has 0 bridgehead atoms. The number of rotatable bonds is 5. The van der Waals surface area contributed by atoms with Crippen molar-refractivity contribution < 1.29 is 4.79 Å². The molecule has 24 heavy (non-hydrogen) atoms. The van der Waals surface area contributed by atoms with Gasteiger partial charge in [0.05, 0.1) is 5.57 Å². The molecule has 3 nitrogen and oxygen atoms in total. The predicted molar refractivity (Wildman–Crippen MR) is 102 cm³/mol. The minimum atomic E-state index is -0.456. The fraction of sp³-hybridized carbons (Fsp3) is 0.286. The van der Waals surface area contributed by atoms with Crippen LogP contribution in [0.4, 0.5) is 0 Å². The second-order valence-corrected chi connectivity index (χ2v) is 5.63. The standard InChI is InChI=1S/C21H26N2O/c1-5-6-14-19(20(21(22)24)17(2)23(3)4)16-15-18-12-10-8-7-9-11-13-18/h7-14H,5-6H2,1-4H3,(H2,22,24)/b8-7-,9-7?,10-8?,11-9-,12-10?,13-11?,18-12?,18-13?,19-14+,20-17+. The summed E-state index contributed by atoms with van der Waals surface area (Å²) in [5.74, 6) is 5.82. The van der Waals surface area contributed by atoms with Crippen molar-refractivity contribution >= 4 is 5.91 Å². The van der Waals surface area contributed by atoms with Crippen molar-refractivity contribution in [3.63, 3.8) is 0 Å². The fourth-order valence-corrected chi connectivity index (χ4v) is 2.02. The van der Waals surface area contributed by atoms with E-state index in [1.54, 1.807) is 0 Å². The zero-order valence-electron chi connectivity index (χ0n) is 15.0. The van der Waals surface area contributed by atoms with E-state index in [-0.39, 0.29) is 0 Å². The summed E-state index contributed by atoms with van der Waals surface area (Å²) in [6, 6.07) is 0. The zero-order valence-corrected chi connectivity index (χ0v) is 15.0. The molecule has 0 aromatic heterocycles. The van der Waals surface area contributed by atoms with E-state index < -0.39 is 5.91 Å². The Kier molecular flexibility index (Phi) is 8.15. The largest absolute Gasteiger partial charge is 0.380 e. The molecule has 0 atom stereocenters. The first-order valence-electron chi connectivity index (χ1n) is 8.09. The van der Waals surface area contributed by atoms with Gasteiger partial charge in [-0.15, -0.1) is 0 Å². The summed E-state index contributed by atoms with van der Waals surface area (Å²) in [6.45, 7) is 3.97. The molecule has 3 heteroatoms. The second-order valence-electron chi connectivity index (χ2n) is 5.63. The van der Waals surface area contributed by atoms with Crippen molar-refractivity contribution in [2.45, 2.75) is 26.7 Å². The maximum absolute atomic E-state index is 12.0. The molecule has 0 aromatic rings. The highest BCUT2D eigenvalue weighted by Crippen LogP contribution is 2.17. The van der Waals surface area contributed by atoms with E-state index in [0.717, 1.165) is 24.1 Å². The molecule has 1 aliphatic carbocycles. The zero-order chi connectivity index (χ0) is 17.9. The summed E-state index contributed by atoms with van der Waals surface area (Å²) in [5.41, 5.74) is 8.47. The van der Waals surface area contributed by atoms with Crippen LogP contribution in [0.3, 0.4) is 0 Å². The Morgan fingerprint density at radius 3 is 2.50 bits per heavy atom. The van der Waals surface area contributed by atoms with Crippen LogP contribution < -0.4 is 5.73 Å². The molecule has 0 heterocycles. The van der Waals surface area contributed by atoms with Gasteiger partial charge in [0.15, 0.2) is 0 Å². The Morgan fingerprint density at radius 2 is 1.88 bits per heavy atom. The predicted octanol–water partition coefficient (Wildman–Crippen LogP) is 3.65. The van der Waals surface area contributed by atoms with Crippen LogP contribution in [0.25, 0.3) is 0 Å². The minimum absolute atomic E-state index is 0.456. The van der Waals surface area contributed by atoms with Crippen molar-refractivity contribution in [3.05, 3.63) is 71.0 Å². The number of hydrogen-bond acceptors (Lipinski definition) is 2. The van der Waals surface area contributed by atoms with Crippen LogP contribution in [-0.4, -0.2) is 24.9 Å². The number of hydrogen-bond donors (Lipinski definition) is 1. The van der Waals surface area contributed by atoms with Gasteiger partial charge in [0.25, 0.3) is 5.91 Å². The number of allylic oxidation sites excluding steroid dienone is 10. The minimum Gasteiger partial charge on any atom is -0.380 e. The third kappa shape index (κ3) is 6.18. The third-order valence-electron chi connectivity index (χ3n) is 3.52. The lowest BCUT2D eigenvalue weighted by Gasteiger charge is -2.17. The number of nitrogens with zero attached hydrogens (tertiary/aromatic N) is 1. The Morgan fingerprint density at radius 1 is 1.21 bits per heavy atom. The van der Waals surface area contributed by atoms with Gasteiger partial charge in [-0.25, -0.2) is 0 Å². The third-order valence-corrected chi connectivity index (χ3v) is 3.52. The summed E-state index contributed by atoms with van der Waals surface area (Å²) in [7, 11) is 3.78. The highest BCUT2D eigenvalue weighted by Gasteiger charge is 2.14. The molecule has 0 spiro atoms. The normalized spacial score (nSPS) is 17.5. The Labute approximate surface area is 145 Å². The topological polar surface area (TPSA) is 46.3 Å². The Bertz CT molecular complexity index is 702. The summed E-state index contributed by atoms with van der Waals surface area (Å²) in [5, 5.41) is 0. The van der Waals surface area contributed by atoms with Crippen LogP contribution in [-0.2, 0) is 4.79 Å². The summed E-state index contributed by atoms with van der Waals surface area (Å²) < 4.78 is 0. The number of nitrogens with two attached hydrogens (primary N) is 1. The van der Waals surface area contributed by atoms with Gasteiger partial charge in [0, 0.05) is 30.9 Å². The molecule has 0 unspecified atom stereocenters. The highest BCUT2D eigenvalue weighted by molar-refractivity contribution is 5.98. The monoisotopic (exact) mass is 322 g/mol.